The van der Waals surface area contributed by atoms with Crippen LogP contribution in [-0.4, -0.2) is 23.4 Å². The van der Waals surface area contributed by atoms with E-state index in [0.29, 0.717) is 13.0 Å². The maximum absolute atomic E-state index is 12.3. The number of rotatable bonds is 5. The second-order valence-corrected chi connectivity index (χ2v) is 5.26. The highest BCUT2D eigenvalue weighted by molar-refractivity contribution is 5.85. The minimum Gasteiger partial charge on any atom is -0.340 e. The number of carbonyl (C=O) groups excluding carboxylic acids is 1. The predicted octanol–water partition coefficient (Wildman–Crippen LogP) is 2.47. The maximum Gasteiger partial charge on any atom is 0.242 e. The minimum absolute atomic E-state index is 0.00704. The van der Waals surface area contributed by atoms with Gasteiger partial charge in [0.25, 0.3) is 0 Å². The number of benzene rings is 1. The van der Waals surface area contributed by atoms with E-state index >= 15 is 0 Å². The molecule has 0 aromatic heterocycles. The zero-order valence-corrected chi connectivity index (χ0v) is 11.9. The Morgan fingerprint density at radius 1 is 1.39 bits per heavy atom. The van der Waals surface area contributed by atoms with Gasteiger partial charge in [-0.3, -0.25) is 4.79 Å². The summed E-state index contributed by atoms with van der Waals surface area (Å²) in [5.74, 6) is 0.00704. The van der Waals surface area contributed by atoms with Crippen molar-refractivity contribution in [3.05, 3.63) is 35.4 Å². The zero-order valence-electron chi connectivity index (χ0n) is 11.9. The van der Waals surface area contributed by atoms with Gasteiger partial charge in [0.2, 0.25) is 5.91 Å². The van der Waals surface area contributed by atoms with Gasteiger partial charge in [0.05, 0.1) is 5.54 Å². The minimum atomic E-state index is -0.758. The lowest BCUT2D eigenvalue weighted by Gasteiger charge is -2.29. The number of nitrogens with two attached hydrogens (primary N) is 1. The van der Waals surface area contributed by atoms with E-state index in [4.69, 9.17) is 5.73 Å². The van der Waals surface area contributed by atoms with Crippen LogP contribution in [0.5, 0.6) is 0 Å². The number of hydrogen-bond acceptors (Lipinski definition) is 2. The van der Waals surface area contributed by atoms with Gasteiger partial charge in [0.1, 0.15) is 0 Å². The van der Waals surface area contributed by atoms with Crippen molar-refractivity contribution in [3.63, 3.8) is 0 Å². The molecule has 0 aliphatic carbocycles. The summed E-state index contributed by atoms with van der Waals surface area (Å²) >= 11 is 0. The molecule has 1 aromatic carbocycles. The molecule has 0 aliphatic heterocycles. The molecule has 0 heterocycles. The Hall–Kier alpha value is -1.35. The van der Waals surface area contributed by atoms with Crippen LogP contribution in [0, 0.1) is 6.92 Å². The van der Waals surface area contributed by atoms with Crippen LogP contribution in [-0.2, 0) is 11.3 Å². The van der Waals surface area contributed by atoms with Gasteiger partial charge < -0.3 is 10.6 Å². The van der Waals surface area contributed by atoms with E-state index < -0.39 is 5.54 Å². The Morgan fingerprint density at radius 3 is 2.56 bits per heavy atom. The van der Waals surface area contributed by atoms with E-state index in [0.717, 1.165) is 6.42 Å². The van der Waals surface area contributed by atoms with Crippen molar-refractivity contribution in [1.82, 2.24) is 4.90 Å². The first-order valence-electron chi connectivity index (χ1n) is 6.47. The van der Waals surface area contributed by atoms with E-state index in [-0.39, 0.29) is 5.91 Å². The highest BCUT2D eigenvalue weighted by Gasteiger charge is 2.30. The monoisotopic (exact) mass is 248 g/mol. The van der Waals surface area contributed by atoms with Gasteiger partial charge in [-0.25, -0.2) is 0 Å². The predicted molar refractivity (Wildman–Crippen MR) is 75.2 cm³/mol. The Balaban J connectivity index is 2.74. The summed E-state index contributed by atoms with van der Waals surface area (Å²) in [4.78, 5) is 14.0. The molecule has 1 amide bonds. The number of likely N-dealkylation sites (N-methyl/N-ethyl adjacent to an activating group) is 1. The largest absolute Gasteiger partial charge is 0.340 e. The van der Waals surface area contributed by atoms with Gasteiger partial charge in [0, 0.05) is 13.6 Å². The van der Waals surface area contributed by atoms with Crippen LogP contribution in [0.2, 0.25) is 0 Å². The molecular weight excluding hydrogens is 224 g/mol. The third-order valence-corrected chi connectivity index (χ3v) is 3.27. The normalized spacial score (nSPS) is 14.1. The molecule has 1 unspecified atom stereocenters. The second-order valence-electron chi connectivity index (χ2n) is 5.26. The molecule has 0 aliphatic rings. The number of nitrogens with zero attached hydrogens (tertiary/aromatic N) is 1. The average Bonchev–Trinajstić information content (AvgIpc) is 2.31. The molecule has 18 heavy (non-hydrogen) atoms. The van der Waals surface area contributed by atoms with Crippen LogP contribution in [0.15, 0.2) is 24.3 Å². The summed E-state index contributed by atoms with van der Waals surface area (Å²) in [7, 11) is 1.82. The molecule has 0 saturated carbocycles. The number of carbonyl (C=O) groups is 1. The number of amides is 1. The Bertz CT molecular complexity index is 413. The van der Waals surface area contributed by atoms with Gasteiger partial charge >= 0.3 is 0 Å². The summed E-state index contributed by atoms with van der Waals surface area (Å²) in [5, 5.41) is 0. The molecule has 100 valence electrons. The molecule has 1 rings (SSSR count). The van der Waals surface area contributed by atoms with Crippen LogP contribution in [0.4, 0.5) is 0 Å². The summed E-state index contributed by atoms with van der Waals surface area (Å²) in [5.41, 5.74) is 7.68. The van der Waals surface area contributed by atoms with Crippen molar-refractivity contribution in [1.29, 1.82) is 0 Å². The smallest absolute Gasteiger partial charge is 0.242 e. The summed E-state index contributed by atoms with van der Waals surface area (Å²) in [6.07, 6.45) is 1.63. The van der Waals surface area contributed by atoms with Crippen LogP contribution < -0.4 is 5.73 Å². The Morgan fingerprint density at radius 2 is 2.00 bits per heavy atom. The Kier molecular flexibility index (Phi) is 4.91. The molecule has 0 fully saturated rings. The van der Waals surface area contributed by atoms with E-state index in [2.05, 4.69) is 13.0 Å². The standard InChI is InChI=1S/C15H24N2O/c1-5-10-15(3,16)14(18)17(4)11-13-9-7-6-8-12(13)2/h6-9H,5,10-11,16H2,1-4H3. The number of aryl methyl sites for hydroxylation is 1. The third kappa shape index (κ3) is 3.57. The third-order valence-electron chi connectivity index (χ3n) is 3.27. The van der Waals surface area contributed by atoms with Crippen molar-refractivity contribution >= 4 is 5.91 Å². The quantitative estimate of drug-likeness (QED) is 0.870. The van der Waals surface area contributed by atoms with Crippen molar-refractivity contribution in [3.8, 4) is 0 Å². The topological polar surface area (TPSA) is 46.3 Å². The first kappa shape index (κ1) is 14.7. The van der Waals surface area contributed by atoms with Crippen LogP contribution in [0.3, 0.4) is 0 Å². The molecule has 0 spiro atoms. The van der Waals surface area contributed by atoms with Gasteiger partial charge in [-0.15, -0.1) is 0 Å². The highest BCUT2D eigenvalue weighted by atomic mass is 16.2. The first-order valence-corrected chi connectivity index (χ1v) is 6.47. The van der Waals surface area contributed by atoms with Gasteiger partial charge in [0.15, 0.2) is 0 Å². The summed E-state index contributed by atoms with van der Waals surface area (Å²) in [6.45, 7) is 6.52. The molecule has 0 bridgehead atoms. The zero-order chi connectivity index (χ0) is 13.8. The molecule has 0 radical (unpaired) electrons. The van der Waals surface area contributed by atoms with E-state index in [1.807, 2.05) is 39.1 Å². The molecule has 0 saturated heterocycles. The summed E-state index contributed by atoms with van der Waals surface area (Å²) < 4.78 is 0. The molecule has 3 heteroatoms. The van der Waals surface area contributed by atoms with Crippen LogP contribution >= 0.6 is 0 Å². The molecule has 3 nitrogen and oxygen atoms in total. The first-order chi connectivity index (χ1) is 8.38. The van der Waals surface area contributed by atoms with Crippen molar-refractivity contribution in [2.24, 2.45) is 5.73 Å². The van der Waals surface area contributed by atoms with E-state index in [9.17, 15) is 4.79 Å². The lowest BCUT2D eigenvalue weighted by molar-refractivity contribution is -0.135. The fourth-order valence-corrected chi connectivity index (χ4v) is 2.18. The fourth-order valence-electron chi connectivity index (χ4n) is 2.18. The molecule has 1 atom stereocenters. The van der Waals surface area contributed by atoms with Crippen LogP contribution in [0.25, 0.3) is 0 Å². The average molecular weight is 248 g/mol. The molecule has 1 aromatic rings. The van der Waals surface area contributed by atoms with Crippen molar-refractivity contribution < 1.29 is 4.79 Å². The lowest BCUT2D eigenvalue weighted by atomic mass is 9.95. The van der Waals surface area contributed by atoms with Gasteiger partial charge in [-0.1, -0.05) is 37.6 Å². The second kappa shape index (κ2) is 6.01. The maximum atomic E-state index is 12.3. The fraction of sp³-hybridized carbons (Fsp3) is 0.533. The SMILES string of the molecule is CCCC(C)(N)C(=O)N(C)Cc1ccccc1C. The van der Waals surface area contributed by atoms with E-state index in [1.54, 1.807) is 4.90 Å². The van der Waals surface area contributed by atoms with Gasteiger partial charge in [-0.2, -0.15) is 0 Å². The highest BCUT2D eigenvalue weighted by Crippen LogP contribution is 2.15. The van der Waals surface area contributed by atoms with Crippen molar-refractivity contribution in [2.45, 2.75) is 45.7 Å². The lowest BCUT2D eigenvalue weighted by Crippen LogP contribution is -2.51. The molecular formula is C15H24N2O. The van der Waals surface area contributed by atoms with Crippen molar-refractivity contribution in [2.75, 3.05) is 7.05 Å². The molecule has 2 N–H and O–H groups in total. The van der Waals surface area contributed by atoms with Crippen LogP contribution in [0.1, 0.15) is 37.8 Å². The van der Waals surface area contributed by atoms with E-state index in [1.165, 1.54) is 11.1 Å². The van der Waals surface area contributed by atoms with Gasteiger partial charge in [-0.05, 0) is 31.4 Å². The number of hydrogen-bond donors (Lipinski definition) is 1. The summed E-state index contributed by atoms with van der Waals surface area (Å²) in [6, 6.07) is 8.10. The Labute approximate surface area is 110 Å².